The van der Waals surface area contributed by atoms with Crippen molar-refractivity contribution < 1.29 is 26.2 Å². The SMILES string of the molecule is O=C(Nc1nnc(-c2ccc(S(=O)(=O)Oc3ccccc3)c(Br)c2)s1)c1c(F)cccc1F. The number of rotatable bonds is 6. The first kappa shape index (κ1) is 23.0. The first-order valence-electron chi connectivity index (χ1n) is 9.13. The second-order valence-electron chi connectivity index (χ2n) is 6.46. The van der Waals surface area contributed by atoms with Gasteiger partial charge in [0.1, 0.15) is 32.9 Å². The van der Waals surface area contributed by atoms with Crippen molar-refractivity contribution >= 4 is 48.4 Å². The summed E-state index contributed by atoms with van der Waals surface area (Å²) in [6.45, 7) is 0. The van der Waals surface area contributed by atoms with E-state index in [0.717, 1.165) is 29.5 Å². The summed E-state index contributed by atoms with van der Waals surface area (Å²) in [6.07, 6.45) is 0. The first-order valence-corrected chi connectivity index (χ1v) is 12.1. The molecule has 0 aliphatic carbocycles. The number of halogens is 3. The summed E-state index contributed by atoms with van der Waals surface area (Å²) in [5, 5.41) is 10.4. The lowest BCUT2D eigenvalue weighted by Gasteiger charge is -2.09. The van der Waals surface area contributed by atoms with Crippen LogP contribution in [-0.2, 0) is 10.1 Å². The molecule has 3 aromatic carbocycles. The van der Waals surface area contributed by atoms with Gasteiger partial charge in [-0.05, 0) is 52.3 Å². The Kier molecular flexibility index (Phi) is 6.49. The van der Waals surface area contributed by atoms with Crippen molar-refractivity contribution in [2.45, 2.75) is 4.90 Å². The van der Waals surface area contributed by atoms with Crippen LogP contribution in [0.25, 0.3) is 10.6 Å². The number of hydrogen-bond acceptors (Lipinski definition) is 7. The van der Waals surface area contributed by atoms with E-state index in [-0.39, 0.29) is 20.2 Å². The molecule has 7 nitrogen and oxygen atoms in total. The molecule has 4 aromatic rings. The molecule has 12 heteroatoms. The van der Waals surface area contributed by atoms with Crippen LogP contribution in [0.4, 0.5) is 13.9 Å². The van der Waals surface area contributed by atoms with E-state index in [9.17, 15) is 22.0 Å². The zero-order valence-corrected chi connectivity index (χ0v) is 19.5. The maximum absolute atomic E-state index is 13.8. The van der Waals surface area contributed by atoms with Crippen LogP contribution in [0.2, 0.25) is 0 Å². The molecule has 1 amide bonds. The Morgan fingerprint density at radius 1 is 0.970 bits per heavy atom. The zero-order valence-electron chi connectivity index (χ0n) is 16.3. The van der Waals surface area contributed by atoms with Gasteiger partial charge in [0.05, 0.1) is 0 Å². The molecule has 0 atom stereocenters. The average molecular weight is 552 g/mol. The Balaban J connectivity index is 1.54. The van der Waals surface area contributed by atoms with Gasteiger partial charge in [-0.1, -0.05) is 41.7 Å². The summed E-state index contributed by atoms with van der Waals surface area (Å²) in [6, 6.07) is 15.5. The fourth-order valence-electron chi connectivity index (χ4n) is 2.75. The molecule has 33 heavy (non-hydrogen) atoms. The van der Waals surface area contributed by atoms with Crippen molar-refractivity contribution in [3.8, 4) is 16.3 Å². The smallest absolute Gasteiger partial charge is 0.340 e. The third-order valence-electron chi connectivity index (χ3n) is 4.23. The van der Waals surface area contributed by atoms with E-state index in [1.54, 1.807) is 18.2 Å². The highest BCUT2D eigenvalue weighted by atomic mass is 79.9. The molecule has 1 N–H and O–H groups in total. The van der Waals surface area contributed by atoms with Crippen LogP contribution in [0.1, 0.15) is 10.4 Å². The Labute approximate surface area is 199 Å². The van der Waals surface area contributed by atoms with Gasteiger partial charge in [-0.2, -0.15) is 8.42 Å². The number of benzene rings is 3. The van der Waals surface area contributed by atoms with Gasteiger partial charge < -0.3 is 4.18 Å². The Morgan fingerprint density at radius 3 is 2.33 bits per heavy atom. The van der Waals surface area contributed by atoms with Gasteiger partial charge in [0.25, 0.3) is 5.91 Å². The van der Waals surface area contributed by atoms with Crippen molar-refractivity contribution in [1.82, 2.24) is 10.2 Å². The highest BCUT2D eigenvalue weighted by Crippen LogP contribution is 2.33. The number of para-hydroxylation sites is 1. The van der Waals surface area contributed by atoms with Crippen LogP contribution in [-0.4, -0.2) is 24.5 Å². The summed E-state index contributed by atoms with van der Waals surface area (Å²) in [5.41, 5.74) is -0.236. The van der Waals surface area contributed by atoms with Gasteiger partial charge in [0.2, 0.25) is 5.13 Å². The Bertz CT molecular complexity index is 1430. The lowest BCUT2D eigenvalue weighted by Crippen LogP contribution is -2.15. The van der Waals surface area contributed by atoms with E-state index in [1.807, 2.05) is 0 Å². The highest BCUT2D eigenvalue weighted by Gasteiger charge is 2.22. The van der Waals surface area contributed by atoms with Crippen LogP contribution in [0, 0.1) is 11.6 Å². The largest absolute Gasteiger partial charge is 0.379 e. The maximum Gasteiger partial charge on any atom is 0.340 e. The Morgan fingerprint density at radius 2 is 1.67 bits per heavy atom. The number of nitrogens with one attached hydrogen (secondary N) is 1. The van der Waals surface area contributed by atoms with Gasteiger partial charge in [-0.25, -0.2) is 8.78 Å². The van der Waals surface area contributed by atoms with E-state index in [4.69, 9.17) is 4.18 Å². The number of anilines is 1. The topological polar surface area (TPSA) is 98.3 Å². The first-order chi connectivity index (χ1) is 15.7. The summed E-state index contributed by atoms with van der Waals surface area (Å²) < 4.78 is 58.1. The number of aromatic nitrogens is 2. The Hall–Kier alpha value is -3.22. The van der Waals surface area contributed by atoms with Crippen LogP contribution >= 0.6 is 27.3 Å². The van der Waals surface area contributed by atoms with Crippen molar-refractivity contribution in [3.05, 3.63) is 88.4 Å². The molecule has 0 aliphatic rings. The quantitative estimate of drug-likeness (QED) is 0.328. The van der Waals surface area contributed by atoms with E-state index in [1.165, 1.54) is 30.3 Å². The van der Waals surface area contributed by atoms with E-state index in [2.05, 4.69) is 31.4 Å². The second kappa shape index (κ2) is 9.33. The van der Waals surface area contributed by atoms with Crippen molar-refractivity contribution in [3.63, 3.8) is 0 Å². The molecule has 168 valence electrons. The standard InChI is InChI=1S/C21H12BrF2N3O4S2/c22-14-11-12(9-10-17(14)33(29,30)31-13-5-2-1-3-6-13)20-26-27-21(32-20)25-19(28)18-15(23)7-4-8-16(18)24/h1-11H,(H,25,27,28). The predicted molar refractivity (Wildman–Crippen MR) is 122 cm³/mol. The third kappa shape index (κ3) is 5.07. The lowest BCUT2D eigenvalue weighted by molar-refractivity contribution is 0.101. The fraction of sp³-hybridized carbons (Fsp3) is 0. The minimum Gasteiger partial charge on any atom is -0.379 e. The van der Waals surface area contributed by atoms with E-state index in [0.29, 0.717) is 10.6 Å². The summed E-state index contributed by atoms with van der Waals surface area (Å²) in [4.78, 5) is 12.1. The summed E-state index contributed by atoms with van der Waals surface area (Å²) in [5.74, 6) is -2.84. The fourth-order valence-corrected chi connectivity index (χ4v) is 5.44. The predicted octanol–water partition coefficient (Wildman–Crippen LogP) is 5.27. The lowest BCUT2D eigenvalue weighted by atomic mass is 10.2. The van der Waals surface area contributed by atoms with Crippen LogP contribution < -0.4 is 9.50 Å². The molecule has 0 bridgehead atoms. The van der Waals surface area contributed by atoms with Gasteiger partial charge in [0, 0.05) is 10.0 Å². The molecule has 0 fully saturated rings. The molecular weight excluding hydrogens is 540 g/mol. The molecule has 1 heterocycles. The molecule has 4 rings (SSSR count). The van der Waals surface area contributed by atoms with E-state index < -0.39 is 33.2 Å². The summed E-state index contributed by atoms with van der Waals surface area (Å²) >= 11 is 4.18. The summed E-state index contributed by atoms with van der Waals surface area (Å²) in [7, 11) is -4.10. The van der Waals surface area contributed by atoms with Crippen molar-refractivity contribution in [2.24, 2.45) is 0 Å². The number of carbonyl (C=O) groups is 1. The van der Waals surface area contributed by atoms with Crippen LogP contribution in [0.5, 0.6) is 5.75 Å². The van der Waals surface area contributed by atoms with Crippen molar-refractivity contribution in [1.29, 1.82) is 0 Å². The molecule has 0 aliphatic heterocycles. The van der Waals surface area contributed by atoms with Gasteiger partial charge >= 0.3 is 10.1 Å². The van der Waals surface area contributed by atoms with Crippen LogP contribution in [0.15, 0.2) is 76.1 Å². The second-order valence-corrected chi connectivity index (χ2v) is 9.81. The van der Waals surface area contributed by atoms with Gasteiger partial charge in [-0.3, -0.25) is 10.1 Å². The molecule has 0 saturated heterocycles. The minimum atomic E-state index is -4.10. The molecular formula is C21H12BrF2N3O4S2. The number of hydrogen-bond donors (Lipinski definition) is 1. The van der Waals surface area contributed by atoms with Gasteiger partial charge in [0.15, 0.2) is 0 Å². The monoisotopic (exact) mass is 551 g/mol. The molecule has 0 spiro atoms. The molecule has 0 saturated carbocycles. The third-order valence-corrected chi connectivity index (χ3v) is 7.35. The van der Waals surface area contributed by atoms with Gasteiger partial charge in [-0.15, -0.1) is 10.2 Å². The number of nitrogens with zero attached hydrogens (tertiary/aromatic N) is 2. The molecule has 0 unspecified atom stereocenters. The normalized spacial score (nSPS) is 11.2. The molecule has 0 radical (unpaired) electrons. The number of amides is 1. The minimum absolute atomic E-state index is 0.0119. The zero-order chi connectivity index (χ0) is 23.6. The highest BCUT2D eigenvalue weighted by molar-refractivity contribution is 9.10. The average Bonchev–Trinajstić information content (AvgIpc) is 3.22. The maximum atomic E-state index is 13.8. The van der Waals surface area contributed by atoms with Crippen LogP contribution in [0.3, 0.4) is 0 Å². The number of carbonyl (C=O) groups excluding carboxylic acids is 1. The molecule has 1 aromatic heterocycles. The van der Waals surface area contributed by atoms with Crippen molar-refractivity contribution in [2.75, 3.05) is 5.32 Å². The van der Waals surface area contributed by atoms with E-state index >= 15 is 0 Å².